The van der Waals surface area contributed by atoms with Gasteiger partial charge in [-0.1, -0.05) is 0 Å². The zero-order valence-electron chi connectivity index (χ0n) is 9.56. The summed E-state index contributed by atoms with van der Waals surface area (Å²) in [5.41, 5.74) is 7.30. The van der Waals surface area contributed by atoms with Crippen molar-refractivity contribution < 1.29 is 4.74 Å². The summed E-state index contributed by atoms with van der Waals surface area (Å²) in [5.74, 6) is 1.87. The van der Waals surface area contributed by atoms with Crippen molar-refractivity contribution in [3.8, 4) is 0 Å². The number of rotatable bonds is 2. The molecule has 2 unspecified atom stereocenters. The maximum Gasteiger partial charge on any atom is 0.109 e. The van der Waals surface area contributed by atoms with Gasteiger partial charge >= 0.3 is 0 Å². The number of hydrogen-bond acceptors (Lipinski definition) is 3. The first kappa shape index (κ1) is 10.3. The summed E-state index contributed by atoms with van der Waals surface area (Å²) in [4.78, 5) is 4.54. The Hall–Kier alpha value is -0.870. The largest absolute Gasteiger partial charge is 0.381 e. The molecule has 4 nitrogen and oxygen atoms in total. The van der Waals surface area contributed by atoms with E-state index in [1.165, 1.54) is 24.4 Å². The Balaban J connectivity index is 1.79. The second-order valence-corrected chi connectivity index (χ2v) is 4.93. The fourth-order valence-corrected chi connectivity index (χ4v) is 2.77. The molecule has 2 N–H and O–H groups in total. The van der Waals surface area contributed by atoms with Crippen LogP contribution in [0.4, 0.5) is 0 Å². The summed E-state index contributed by atoms with van der Waals surface area (Å²) < 4.78 is 7.74. The molecule has 0 bridgehead atoms. The molecule has 0 spiro atoms. The third kappa shape index (κ3) is 1.76. The molecule has 3 rings (SSSR count). The van der Waals surface area contributed by atoms with Gasteiger partial charge in [-0.15, -0.1) is 0 Å². The topological polar surface area (TPSA) is 53.1 Å². The standard InChI is InChI=1S/C12H19N3O/c13-10-2-1-4-15-11(10)7-14-12(15)6-9-3-5-16-8-9/h7,9-10H,1-6,8,13H2. The van der Waals surface area contributed by atoms with Gasteiger partial charge in [0.15, 0.2) is 0 Å². The summed E-state index contributed by atoms with van der Waals surface area (Å²) in [5, 5.41) is 0. The molecular formula is C12H19N3O. The Labute approximate surface area is 95.8 Å². The van der Waals surface area contributed by atoms with E-state index >= 15 is 0 Å². The molecule has 1 aromatic rings. The first-order chi connectivity index (χ1) is 7.84. The molecule has 1 fully saturated rings. The Morgan fingerprint density at radius 2 is 2.44 bits per heavy atom. The van der Waals surface area contributed by atoms with E-state index in [2.05, 4.69) is 9.55 Å². The third-order valence-corrected chi connectivity index (χ3v) is 3.74. The molecule has 4 heteroatoms. The van der Waals surface area contributed by atoms with E-state index in [0.717, 1.165) is 32.6 Å². The van der Waals surface area contributed by atoms with E-state index in [1.54, 1.807) is 0 Å². The summed E-state index contributed by atoms with van der Waals surface area (Å²) in [6.45, 7) is 2.90. The van der Waals surface area contributed by atoms with Crippen LogP contribution in [0.2, 0.25) is 0 Å². The minimum Gasteiger partial charge on any atom is -0.381 e. The van der Waals surface area contributed by atoms with E-state index in [-0.39, 0.29) is 6.04 Å². The van der Waals surface area contributed by atoms with Gasteiger partial charge in [-0.2, -0.15) is 0 Å². The lowest BCUT2D eigenvalue weighted by Gasteiger charge is -2.22. The van der Waals surface area contributed by atoms with Crippen LogP contribution in [-0.2, 0) is 17.7 Å². The van der Waals surface area contributed by atoms with E-state index in [4.69, 9.17) is 10.5 Å². The monoisotopic (exact) mass is 221 g/mol. The zero-order chi connectivity index (χ0) is 11.0. The minimum atomic E-state index is 0.190. The lowest BCUT2D eigenvalue weighted by molar-refractivity contribution is 0.185. The van der Waals surface area contributed by atoms with Gasteiger partial charge in [-0.3, -0.25) is 0 Å². The SMILES string of the molecule is NC1CCCn2c1cnc2CC1CCOC1. The molecule has 88 valence electrons. The maximum atomic E-state index is 6.08. The highest BCUT2D eigenvalue weighted by atomic mass is 16.5. The fraction of sp³-hybridized carbons (Fsp3) is 0.750. The molecule has 3 heterocycles. The molecule has 2 aliphatic heterocycles. The van der Waals surface area contributed by atoms with Gasteiger partial charge < -0.3 is 15.0 Å². The number of aromatic nitrogens is 2. The van der Waals surface area contributed by atoms with Gasteiger partial charge in [0.05, 0.1) is 11.9 Å². The number of nitrogens with zero attached hydrogens (tertiary/aromatic N) is 2. The lowest BCUT2D eigenvalue weighted by Crippen LogP contribution is -2.23. The van der Waals surface area contributed by atoms with Crippen molar-refractivity contribution in [2.45, 2.75) is 38.3 Å². The average molecular weight is 221 g/mol. The molecule has 0 saturated carbocycles. The third-order valence-electron chi connectivity index (χ3n) is 3.74. The number of nitrogens with two attached hydrogens (primary N) is 1. The quantitative estimate of drug-likeness (QED) is 0.818. The molecule has 2 atom stereocenters. The molecule has 2 aliphatic rings. The van der Waals surface area contributed by atoms with Crippen molar-refractivity contribution in [1.29, 1.82) is 0 Å². The fourth-order valence-electron chi connectivity index (χ4n) is 2.77. The number of imidazole rings is 1. The van der Waals surface area contributed by atoms with E-state index < -0.39 is 0 Å². The van der Waals surface area contributed by atoms with E-state index in [0.29, 0.717) is 5.92 Å². The van der Waals surface area contributed by atoms with Gasteiger partial charge in [0, 0.05) is 32.2 Å². The Morgan fingerprint density at radius 3 is 3.25 bits per heavy atom. The van der Waals surface area contributed by atoms with Crippen molar-refractivity contribution in [2.24, 2.45) is 11.7 Å². The van der Waals surface area contributed by atoms with Crippen LogP contribution < -0.4 is 5.73 Å². The smallest absolute Gasteiger partial charge is 0.109 e. The maximum absolute atomic E-state index is 6.08. The molecular weight excluding hydrogens is 202 g/mol. The minimum absolute atomic E-state index is 0.190. The van der Waals surface area contributed by atoms with E-state index in [1.807, 2.05) is 6.20 Å². The van der Waals surface area contributed by atoms with Gasteiger partial charge in [0.2, 0.25) is 0 Å². The average Bonchev–Trinajstić information content (AvgIpc) is 2.90. The van der Waals surface area contributed by atoms with Crippen LogP contribution in [0.3, 0.4) is 0 Å². The second-order valence-electron chi connectivity index (χ2n) is 4.93. The highest BCUT2D eigenvalue weighted by Crippen LogP contribution is 2.26. The lowest BCUT2D eigenvalue weighted by atomic mass is 10.0. The van der Waals surface area contributed by atoms with Crippen LogP contribution in [0, 0.1) is 5.92 Å². The van der Waals surface area contributed by atoms with Crippen LogP contribution in [0.5, 0.6) is 0 Å². The highest BCUT2D eigenvalue weighted by molar-refractivity contribution is 5.12. The molecule has 0 amide bonds. The Morgan fingerprint density at radius 1 is 1.50 bits per heavy atom. The van der Waals surface area contributed by atoms with Crippen LogP contribution >= 0.6 is 0 Å². The van der Waals surface area contributed by atoms with E-state index in [9.17, 15) is 0 Å². The second kappa shape index (κ2) is 4.18. The molecule has 0 aliphatic carbocycles. The first-order valence-electron chi connectivity index (χ1n) is 6.22. The first-order valence-corrected chi connectivity index (χ1v) is 6.22. The van der Waals surface area contributed by atoms with Crippen molar-refractivity contribution in [2.75, 3.05) is 13.2 Å². The number of ether oxygens (including phenoxy) is 1. The number of hydrogen-bond donors (Lipinski definition) is 1. The summed E-state index contributed by atoms with van der Waals surface area (Å²) in [6, 6.07) is 0.190. The number of fused-ring (bicyclic) bond motifs is 1. The van der Waals surface area contributed by atoms with Gasteiger partial charge in [-0.05, 0) is 25.2 Å². The van der Waals surface area contributed by atoms with Gasteiger partial charge in [-0.25, -0.2) is 4.98 Å². The predicted octanol–water partition coefficient (Wildman–Crippen LogP) is 1.26. The predicted molar refractivity (Wildman–Crippen MR) is 61.0 cm³/mol. The Kier molecular flexibility index (Phi) is 2.69. The molecule has 1 saturated heterocycles. The van der Waals surface area contributed by atoms with Crippen molar-refractivity contribution in [1.82, 2.24) is 9.55 Å². The van der Waals surface area contributed by atoms with Crippen LogP contribution in [-0.4, -0.2) is 22.8 Å². The van der Waals surface area contributed by atoms with Crippen molar-refractivity contribution in [3.05, 3.63) is 17.7 Å². The van der Waals surface area contributed by atoms with Crippen molar-refractivity contribution >= 4 is 0 Å². The van der Waals surface area contributed by atoms with Crippen LogP contribution in [0.25, 0.3) is 0 Å². The zero-order valence-corrected chi connectivity index (χ0v) is 9.56. The van der Waals surface area contributed by atoms with Gasteiger partial charge in [0.1, 0.15) is 5.82 Å². The molecule has 0 aromatic carbocycles. The summed E-state index contributed by atoms with van der Waals surface area (Å²) in [7, 11) is 0. The molecule has 1 aromatic heterocycles. The van der Waals surface area contributed by atoms with Gasteiger partial charge in [0.25, 0.3) is 0 Å². The molecule has 16 heavy (non-hydrogen) atoms. The highest BCUT2D eigenvalue weighted by Gasteiger charge is 2.23. The normalized spacial score (nSPS) is 29.3. The van der Waals surface area contributed by atoms with Crippen molar-refractivity contribution in [3.63, 3.8) is 0 Å². The summed E-state index contributed by atoms with van der Waals surface area (Å²) >= 11 is 0. The summed E-state index contributed by atoms with van der Waals surface area (Å²) in [6.07, 6.45) is 6.46. The van der Waals surface area contributed by atoms with Crippen LogP contribution in [0.1, 0.15) is 36.8 Å². The molecule has 0 radical (unpaired) electrons. The Bertz CT molecular complexity index is 368. The van der Waals surface area contributed by atoms with Crippen LogP contribution in [0.15, 0.2) is 6.20 Å².